The highest BCUT2D eigenvalue weighted by atomic mass is 35.5. The van der Waals surface area contributed by atoms with Gasteiger partial charge in [0.2, 0.25) is 0 Å². The molecule has 1 aromatic rings. The minimum Gasteiger partial charge on any atom is -0.376 e. The van der Waals surface area contributed by atoms with Gasteiger partial charge in [0.15, 0.2) is 0 Å². The number of carbonyl (C=O) groups is 1. The van der Waals surface area contributed by atoms with Gasteiger partial charge in [-0.05, 0) is 38.0 Å². The topological polar surface area (TPSA) is 53.5 Å². The number of anilines is 1. The second-order valence-corrected chi connectivity index (χ2v) is 4.41. The van der Waals surface area contributed by atoms with Gasteiger partial charge in [0.05, 0.1) is 6.54 Å². The first-order chi connectivity index (χ1) is 8.54. The fourth-order valence-electron chi connectivity index (χ4n) is 1.25. The third-order valence-corrected chi connectivity index (χ3v) is 3.00. The summed E-state index contributed by atoms with van der Waals surface area (Å²) in [5.41, 5.74) is 5.17. The van der Waals surface area contributed by atoms with Crippen molar-refractivity contribution in [1.29, 1.82) is 0 Å². The van der Waals surface area contributed by atoms with Gasteiger partial charge in [0.1, 0.15) is 0 Å². The van der Waals surface area contributed by atoms with Crippen molar-refractivity contribution in [3.8, 4) is 0 Å². The fraction of sp³-hybridized carbons (Fsp3) is 0.385. The lowest BCUT2D eigenvalue weighted by Gasteiger charge is -2.09. The molecule has 0 spiro atoms. The molecule has 0 saturated heterocycles. The number of hydrogen-bond donors (Lipinski definition) is 2. The predicted octanol–water partition coefficient (Wildman–Crippen LogP) is 2.96. The van der Waals surface area contributed by atoms with Gasteiger partial charge in [0, 0.05) is 16.4 Å². The van der Waals surface area contributed by atoms with Crippen molar-refractivity contribution < 1.29 is 4.79 Å². The zero-order valence-electron chi connectivity index (χ0n) is 10.9. The number of rotatable bonds is 5. The molecule has 0 atom stereocenters. The van der Waals surface area contributed by atoms with Crippen molar-refractivity contribution in [1.82, 2.24) is 5.43 Å². The quantitative estimate of drug-likeness (QED) is 0.637. The molecule has 0 aliphatic carbocycles. The van der Waals surface area contributed by atoms with Crippen LogP contribution >= 0.6 is 11.6 Å². The maximum Gasteiger partial charge on any atom is 0.259 e. The number of halogens is 1. The summed E-state index contributed by atoms with van der Waals surface area (Å²) in [6.07, 6.45) is 0.821. The van der Waals surface area contributed by atoms with Crippen LogP contribution < -0.4 is 10.7 Å². The van der Waals surface area contributed by atoms with E-state index in [2.05, 4.69) is 15.8 Å². The van der Waals surface area contributed by atoms with Gasteiger partial charge in [0.25, 0.3) is 5.91 Å². The van der Waals surface area contributed by atoms with Gasteiger partial charge < -0.3 is 5.32 Å². The Morgan fingerprint density at radius 3 is 2.83 bits per heavy atom. The molecular formula is C13H18ClN3O. The van der Waals surface area contributed by atoms with Gasteiger partial charge in [-0.15, -0.1) is 0 Å². The third kappa shape index (κ3) is 4.37. The molecule has 5 heteroatoms. The van der Waals surface area contributed by atoms with Crippen molar-refractivity contribution in [3.63, 3.8) is 0 Å². The highest BCUT2D eigenvalue weighted by molar-refractivity contribution is 6.31. The minimum atomic E-state index is -0.179. The van der Waals surface area contributed by atoms with Gasteiger partial charge in [-0.2, -0.15) is 5.10 Å². The summed E-state index contributed by atoms with van der Waals surface area (Å²) in [5, 5.41) is 7.66. The normalized spacial score (nSPS) is 11.2. The number of hydrogen-bond acceptors (Lipinski definition) is 3. The second kappa shape index (κ2) is 7.01. The summed E-state index contributed by atoms with van der Waals surface area (Å²) >= 11 is 5.99. The SMILES string of the molecule is CCC(C)=NNC(=O)CNc1cccc(Cl)c1C. The van der Waals surface area contributed by atoms with Crippen molar-refractivity contribution in [3.05, 3.63) is 28.8 Å². The Bertz CT molecular complexity index is 458. The van der Waals surface area contributed by atoms with E-state index in [-0.39, 0.29) is 12.5 Å². The van der Waals surface area contributed by atoms with Crippen LogP contribution in [0.3, 0.4) is 0 Å². The molecule has 0 aliphatic rings. The number of nitrogens with zero attached hydrogens (tertiary/aromatic N) is 1. The van der Waals surface area contributed by atoms with Crippen LogP contribution in [-0.2, 0) is 4.79 Å². The Morgan fingerprint density at radius 1 is 1.44 bits per heavy atom. The molecular weight excluding hydrogens is 250 g/mol. The van der Waals surface area contributed by atoms with Crippen LogP contribution in [0.2, 0.25) is 5.02 Å². The standard InChI is InChI=1S/C13H18ClN3O/c1-4-9(2)16-17-13(18)8-15-12-7-5-6-11(14)10(12)3/h5-7,15H,4,8H2,1-3H3,(H,17,18). The van der Waals surface area contributed by atoms with Gasteiger partial charge in [-0.25, -0.2) is 5.43 Å². The summed E-state index contributed by atoms with van der Waals surface area (Å²) in [7, 11) is 0. The Hall–Kier alpha value is -1.55. The van der Waals surface area contributed by atoms with E-state index in [9.17, 15) is 4.79 Å². The van der Waals surface area contributed by atoms with Crippen molar-refractivity contribution in [2.45, 2.75) is 27.2 Å². The molecule has 0 radical (unpaired) electrons. The zero-order chi connectivity index (χ0) is 13.5. The maximum atomic E-state index is 11.5. The van der Waals surface area contributed by atoms with E-state index < -0.39 is 0 Å². The van der Waals surface area contributed by atoms with Crippen LogP contribution in [0.5, 0.6) is 0 Å². The van der Waals surface area contributed by atoms with E-state index in [4.69, 9.17) is 11.6 Å². The van der Waals surface area contributed by atoms with Crippen molar-refractivity contribution in [2.24, 2.45) is 5.10 Å². The lowest BCUT2D eigenvalue weighted by molar-refractivity contribution is -0.119. The fourth-order valence-corrected chi connectivity index (χ4v) is 1.43. The van der Waals surface area contributed by atoms with E-state index in [0.29, 0.717) is 5.02 Å². The minimum absolute atomic E-state index is 0.168. The highest BCUT2D eigenvalue weighted by Gasteiger charge is 2.04. The molecule has 0 unspecified atom stereocenters. The first kappa shape index (κ1) is 14.5. The van der Waals surface area contributed by atoms with Gasteiger partial charge in [-0.1, -0.05) is 24.6 Å². The van der Waals surface area contributed by atoms with Crippen LogP contribution in [0.15, 0.2) is 23.3 Å². The number of nitrogens with one attached hydrogen (secondary N) is 2. The first-order valence-corrected chi connectivity index (χ1v) is 6.23. The van der Waals surface area contributed by atoms with Crippen molar-refractivity contribution in [2.75, 3.05) is 11.9 Å². The second-order valence-electron chi connectivity index (χ2n) is 4.00. The number of benzene rings is 1. The first-order valence-electron chi connectivity index (χ1n) is 5.85. The Balaban J connectivity index is 2.50. The molecule has 1 amide bonds. The summed E-state index contributed by atoms with van der Waals surface area (Å²) in [6, 6.07) is 5.54. The van der Waals surface area contributed by atoms with Gasteiger partial charge in [-0.3, -0.25) is 4.79 Å². The Morgan fingerprint density at radius 2 is 2.17 bits per heavy atom. The zero-order valence-corrected chi connectivity index (χ0v) is 11.6. The molecule has 2 N–H and O–H groups in total. The van der Waals surface area contributed by atoms with Crippen LogP contribution in [0.4, 0.5) is 5.69 Å². The van der Waals surface area contributed by atoms with Crippen LogP contribution in [0.25, 0.3) is 0 Å². The molecule has 4 nitrogen and oxygen atoms in total. The van der Waals surface area contributed by atoms with Crippen LogP contribution in [0.1, 0.15) is 25.8 Å². The predicted molar refractivity (Wildman–Crippen MR) is 76.2 cm³/mol. The lowest BCUT2D eigenvalue weighted by Crippen LogP contribution is -2.26. The molecule has 18 heavy (non-hydrogen) atoms. The molecule has 0 fully saturated rings. The lowest BCUT2D eigenvalue weighted by atomic mass is 10.2. The molecule has 0 heterocycles. The number of amides is 1. The smallest absolute Gasteiger partial charge is 0.259 e. The van der Waals surface area contributed by atoms with E-state index >= 15 is 0 Å². The summed E-state index contributed by atoms with van der Waals surface area (Å²) < 4.78 is 0. The molecule has 0 aliphatic heterocycles. The van der Waals surface area contributed by atoms with Crippen LogP contribution in [-0.4, -0.2) is 18.2 Å². The molecule has 0 aromatic heterocycles. The third-order valence-electron chi connectivity index (χ3n) is 2.59. The van der Waals surface area contributed by atoms with Crippen molar-refractivity contribution >= 4 is 28.9 Å². The highest BCUT2D eigenvalue weighted by Crippen LogP contribution is 2.22. The summed E-state index contributed by atoms with van der Waals surface area (Å²) in [6.45, 7) is 5.93. The summed E-state index contributed by atoms with van der Waals surface area (Å²) in [4.78, 5) is 11.5. The number of hydrazone groups is 1. The molecule has 0 saturated carbocycles. The Kier molecular flexibility index (Phi) is 5.65. The van der Waals surface area contributed by atoms with E-state index in [1.54, 1.807) is 0 Å². The maximum absolute atomic E-state index is 11.5. The average Bonchev–Trinajstić information content (AvgIpc) is 2.37. The monoisotopic (exact) mass is 267 g/mol. The molecule has 0 bridgehead atoms. The molecule has 1 rings (SSSR count). The Labute approximate surface area is 112 Å². The molecule has 98 valence electrons. The van der Waals surface area contributed by atoms with E-state index in [1.165, 1.54) is 0 Å². The van der Waals surface area contributed by atoms with Crippen LogP contribution in [0, 0.1) is 6.92 Å². The summed E-state index contributed by atoms with van der Waals surface area (Å²) in [5.74, 6) is -0.179. The van der Waals surface area contributed by atoms with E-state index in [1.807, 2.05) is 39.0 Å². The van der Waals surface area contributed by atoms with Gasteiger partial charge >= 0.3 is 0 Å². The average molecular weight is 268 g/mol. The largest absolute Gasteiger partial charge is 0.376 e. The number of carbonyl (C=O) groups excluding carboxylic acids is 1. The van der Waals surface area contributed by atoms with E-state index in [0.717, 1.165) is 23.4 Å². The molecule has 1 aromatic carbocycles.